The van der Waals surface area contributed by atoms with Crippen LogP contribution in [0.15, 0.2) is 48.7 Å². The van der Waals surface area contributed by atoms with Gasteiger partial charge in [0.25, 0.3) is 0 Å². The van der Waals surface area contributed by atoms with Crippen LogP contribution < -0.4 is 10.2 Å². The number of nitrogens with zero attached hydrogens (tertiary/aromatic N) is 2. The number of nitrogens with one attached hydrogen (secondary N) is 1. The number of halogens is 1. The maximum atomic E-state index is 13.8. The zero-order valence-corrected chi connectivity index (χ0v) is 12.2. The first kappa shape index (κ1) is 14.5. The van der Waals surface area contributed by atoms with E-state index in [1.54, 1.807) is 24.4 Å². The van der Waals surface area contributed by atoms with Crippen molar-refractivity contribution in [3.05, 3.63) is 54.5 Å². The Morgan fingerprint density at radius 1 is 1.14 bits per heavy atom. The van der Waals surface area contributed by atoms with Crippen molar-refractivity contribution in [3.8, 4) is 0 Å². The minimum absolute atomic E-state index is 0.00752. The Morgan fingerprint density at radius 3 is 2.55 bits per heavy atom. The lowest BCUT2D eigenvalue weighted by atomic mass is 9.95. The Balaban J connectivity index is 1.58. The molecule has 114 valence electrons. The van der Waals surface area contributed by atoms with Crippen LogP contribution in [0.3, 0.4) is 0 Å². The molecule has 1 amide bonds. The van der Waals surface area contributed by atoms with Crippen LogP contribution in [0.25, 0.3) is 0 Å². The maximum Gasteiger partial charge on any atom is 0.228 e. The highest BCUT2D eigenvalue weighted by Gasteiger charge is 2.26. The molecule has 1 aliphatic rings. The predicted octanol–water partition coefficient (Wildman–Crippen LogP) is 3.08. The van der Waals surface area contributed by atoms with Crippen molar-refractivity contribution in [3.63, 3.8) is 0 Å². The second kappa shape index (κ2) is 6.56. The van der Waals surface area contributed by atoms with E-state index in [1.807, 2.05) is 23.1 Å². The summed E-state index contributed by atoms with van der Waals surface area (Å²) in [6.07, 6.45) is 3.08. The molecular weight excluding hydrogens is 281 g/mol. The number of pyridine rings is 1. The Labute approximate surface area is 129 Å². The van der Waals surface area contributed by atoms with Crippen molar-refractivity contribution in [1.82, 2.24) is 4.98 Å². The molecule has 0 saturated carbocycles. The van der Waals surface area contributed by atoms with Gasteiger partial charge in [0.05, 0.1) is 5.69 Å². The fourth-order valence-corrected chi connectivity index (χ4v) is 2.76. The molecule has 0 unspecified atom stereocenters. The van der Waals surface area contributed by atoms with E-state index in [1.165, 1.54) is 6.07 Å². The number of rotatable bonds is 3. The van der Waals surface area contributed by atoms with Crippen LogP contribution in [-0.4, -0.2) is 24.0 Å². The zero-order valence-electron chi connectivity index (χ0n) is 12.2. The SMILES string of the molecule is O=C(Nc1ccccn1)C1CCN(c2ccccc2F)CC1. The monoisotopic (exact) mass is 299 g/mol. The summed E-state index contributed by atoms with van der Waals surface area (Å²) in [5, 5.41) is 2.83. The van der Waals surface area contributed by atoms with E-state index in [-0.39, 0.29) is 17.6 Å². The summed E-state index contributed by atoms with van der Waals surface area (Å²) in [6.45, 7) is 1.36. The lowest BCUT2D eigenvalue weighted by molar-refractivity contribution is -0.120. The lowest BCUT2D eigenvalue weighted by Crippen LogP contribution is -2.38. The van der Waals surface area contributed by atoms with Crippen LogP contribution in [0.2, 0.25) is 0 Å². The normalized spacial score (nSPS) is 15.6. The van der Waals surface area contributed by atoms with Crippen LogP contribution in [-0.2, 0) is 4.79 Å². The Morgan fingerprint density at radius 2 is 1.86 bits per heavy atom. The van der Waals surface area contributed by atoms with Gasteiger partial charge in [-0.25, -0.2) is 9.37 Å². The summed E-state index contributed by atoms with van der Waals surface area (Å²) < 4.78 is 13.8. The summed E-state index contributed by atoms with van der Waals surface area (Å²) in [7, 11) is 0. The molecule has 1 aromatic heterocycles. The van der Waals surface area contributed by atoms with E-state index >= 15 is 0 Å². The largest absolute Gasteiger partial charge is 0.369 e. The molecule has 0 aliphatic carbocycles. The highest BCUT2D eigenvalue weighted by Crippen LogP contribution is 2.26. The number of amides is 1. The van der Waals surface area contributed by atoms with Crippen LogP contribution >= 0.6 is 0 Å². The molecular formula is C17H18FN3O. The van der Waals surface area contributed by atoms with Gasteiger partial charge < -0.3 is 10.2 Å². The van der Waals surface area contributed by atoms with Gasteiger partial charge in [-0.15, -0.1) is 0 Å². The maximum absolute atomic E-state index is 13.8. The van der Waals surface area contributed by atoms with Gasteiger partial charge in [0, 0.05) is 25.2 Å². The molecule has 0 spiro atoms. The Kier molecular flexibility index (Phi) is 4.32. The number of carbonyl (C=O) groups is 1. The zero-order chi connectivity index (χ0) is 15.4. The molecule has 0 radical (unpaired) electrons. The second-order valence-corrected chi connectivity index (χ2v) is 5.42. The minimum atomic E-state index is -0.209. The van der Waals surface area contributed by atoms with E-state index in [4.69, 9.17) is 0 Å². The first-order valence-corrected chi connectivity index (χ1v) is 7.45. The second-order valence-electron chi connectivity index (χ2n) is 5.42. The molecule has 1 N–H and O–H groups in total. The predicted molar refractivity (Wildman–Crippen MR) is 84.2 cm³/mol. The number of anilines is 2. The molecule has 2 aromatic rings. The average molecular weight is 299 g/mol. The van der Waals surface area contributed by atoms with Crippen molar-refractivity contribution >= 4 is 17.4 Å². The van der Waals surface area contributed by atoms with E-state index in [0.717, 1.165) is 0 Å². The van der Waals surface area contributed by atoms with Gasteiger partial charge in [-0.05, 0) is 37.1 Å². The molecule has 1 aliphatic heterocycles. The number of hydrogen-bond acceptors (Lipinski definition) is 3. The number of carbonyl (C=O) groups excluding carboxylic acids is 1. The Hall–Kier alpha value is -2.43. The molecule has 2 heterocycles. The molecule has 0 atom stereocenters. The third-order valence-corrected chi connectivity index (χ3v) is 3.98. The van der Waals surface area contributed by atoms with Crippen LogP contribution in [0, 0.1) is 11.7 Å². The van der Waals surface area contributed by atoms with Crippen LogP contribution in [0.1, 0.15) is 12.8 Å². The van der Waals surface area contributed by atoms with Crippen molar-refractivity contribution in [2.24, 2.45) is 5.92 Å². The van der Waals surface area contributed by atoms with E-state index in [2.05, 4.69) is 10.3 Å². The van der Waals surface area contributed by atoms with Gasteiger partial charge in [-0.3, -0.25) is 4.79 Å². The highest BCUT2D eigenvalue weighted by atomic mass is 19.1. The van der Waals surface area contributed by atoms with E-state index < -0.39 is 0 Å². The molecule has 5 heteroatoms. The Bertz CT molecular complexity index is 639. The summed E-state index contributed by atoms with van der Waals surface area (Å²) in [6, 6.07) is 12.2. The molecule has 22 heavy (non-hydrogen) atoms. The molecule has 3 rings (SSSR count). The van der Waals surface area contributed by atoms with E-state index in [9.17, 15) is 9.18 Å². The highest BCUT2D eigenvalue weighted by molar-refractivity contribution is 5.91. The number of aromatic nitrogens is 1. The van der Waals surface area contributed by atoms with Crippen molar-refractivity contribution in [2.75, 3.05) is 23.3 Å². The molecule has 1 aromatic carbocycles. The van der Waals surface area contributed by atoms with Gasteiger partial charge in [0.15, 0.2) is 0 Å². The topological polar surface area (TPSA) is 45.2 Å². The van der Waals surface area contributed by atoms with Gasteiger partial charge in [-0.2, -0.15) is 0 Å². The molecule has 1 saturated heterocycles. The molecule has 0 bridgehead atoms. The third kappa shape index (κ3) is 3.24. The fraction of sp³-hybridized carbons (Fsp3) is 0.294. The first-order valence-electron chi connectivity index (χ1n) is 7.45. The van der Waals surface area contributed by atoms with Gasteiger partial charge >= 0.3 is 0 Å². The fourth-order valence-electron chi connectivity index (χ4n) is 2.76. The van der Waals surface area contributed by atoms with Crippen molar-refractivity contribution < 1.29 is 9.18 Å². The van der Waals surface area contributed by atoms with E-state index in [0.29, 0.717) is 37.4 Å². The van der Waals surface area contributed by atoms with Crippen LogP contribution in [0.5, 0.6) is 0 Å². The standard InChI is InChI=1S/C17H18FN3O/c18-14-5-1-2-6-15(14)21-11-8-13(9-12-21)17(22)20-16-7-3-4-10-19-16/h1-7,10,13H,8-9,11-12H2,(H,19,20,22). The van der Waals surface area contributed by atoms with Crippen molar-refractivity contribution in [1.29, 1.82) is 0 Å². The number of hydrogen-bond donors (Lipinski definition) is 1. The van der Waals surface area contributed by atoms with Crippen molar-refractivity contribution in [2.45, 2.75) is 12.8 Å². The summed E-state index contributed by atoms with van der Waals surface area (Å²) >= 11 is 0. The minimum Gasteiger partial charge on any atom is -0.369 e. The summed E-state index contributed by atoms with van der Waals surface area (Å²) in [5.74, 6) is 0.305. The average Bonchev–Trinajstić information content (AvgIpc) is 2.56. The quantitative estimate of drug-likeness (QED) is 0.947. The smallest absolute Gasteiger partial charge is 0.228 e. The first-order chi connectivity index (χ1) is 10.7. The molecule has 1 fully saturated rings. The van der Waals surface area contributed by atoms with Gasteiger partial charge in [-0.1, -0.05) is 18.2 Å². The summed E-state index contributed by atoms with van der Waals surface area (Å²) in [5.41, 5.74) is 0.617. The summed E-state index contributed by atoms with van der Waals surface area (Å²) in [4.78, 5) is 18.3. The lowest BCUT2D eigenvalue weighted by Gasteiger charge is -2.33. The molecule has 4 nitrogen and oxygen atoms in total. The number of para-hydroxylation sites is 1. The number of benzene rings is 1. The van der Waals surface area contributed by atoms with Gasteiger partial charge in [0.2, 0.25) is 5.91 Å². The number of piperidine rings is 1. The third-order valence-electron chi connectivity index (χ3n) is 3.98. The van der Waals surface area contributed by atoms with Crippen LogP contribution in [0.4, 0.5) is 15.9 Å². The van der Waals surface area contributed by atoms with Gasteiger partial charge in [0.1, 0.15) is 11.6 Å².